The molecule has 0 bridgehead atoms. The summed E-state index contributed by atoms with van der Waals surface area (Å²) in [5.74, 6) is -0.369. The van der Waals surface area contributed by atoms with E-state index in [1.807, 2.05) is 0 Å². The molecule has 1 saturated carbocycles. The van der Waals surface area contributed by atoms with Crippen molar-refractivity contribution >= 4 is 11.6 Å². The van der Waals surface area contributed by atoms with Crippen molar-refractivity contribution < 1.29 is 4.39 Å². The van der Waals surface area contributed by atoms with E-state index < -0.39 is 0 Å². The second-order valence-corrected chi connectivity index (χ2v) is 4.84. The van der Waals surface area contributed by atoms with Crippen molar-refractivity contribution in [2.75, 3.05) is 0 Å². The van der Waals surface area contributed by atoms with Crippen LogP contribution in [-0.4, -0.2) is 21.0 Å². The number of hydrogen-bond acceptors (Lipinski definition) is 3. The first-order valence-electron chi connectivity index (χ1n) is 5.82. The van der Waals surface area contributed by atoms with E-state index in [-0.39, 0.29) is 5.82 Å². The summed E-state index contributed by atoms with van der Waals surface area (Å²) in [6, 6.07) is 4.97. The van der Waals surface area contributed by atoms with Crippen molar-refractivity contribution in [3.63, 3.8) is 0 Å². The summed E-state index contributed by atoms with van der Waals surface area (Å²) < 4.78 is 15.0. The molecule has 1 heterocycles. The van der Waals surface area contributed by atoms with Crippen LogP contribution in [0.3, 0.4) is 0 Å². The summed E-state index contributed by atoms with van der Waals surface area (Å²) >= 11 is 5.84. The Morgan fingerprint density at radius 2 is 2.28 bits per heavy atom. The van der Waals surface area contributed by atoms with Crippen molar-refractivity contribution in [2.45, 2.75) is 25.4 Å². The van der Waals surface area contributed by atoms with Gasteiger partial charge < -0.3 is 5.32 Å². The Morgan fingerprint density at radius 3 is 3.06 bits per heavy atom. The summed E-state index contributed by atoms with van der Waals surface area (Å²) in [6.07, 6.45) is 4.15. The highest BCUT2D eigenvalue weighted by atomic mass is 35.5. The van der Waals surface area contributed by atoms with Crippen LogP contribution >= 0.6 is 11.6 Å². The minimum Gasteiger partial charge on any atom is -0.308 e. The molecule has 1 aliphatic carbocycles. The molecule has 0 aliphatic heterocycles. The third-order valence-electron chi connectivity index (χ3n) is 2.85. The molecule has 0 atom stereocenters. The summed E-state index contributed by atoms with van der Waals surface area (Å²) in [6.45, 7) is 0.660. The minimum atomic E-state index is -0.369. The predicted octanol–water partition coefficient (Wildman–Crippen LogP) is 2.31. The van der Waals surface area contributed by atoms with Gasteiger partial charge in [-0.2, -0.15) is 0 Å². The Bertz CT molecular complexity index is 565. The molecule has 4 nitrogen and oxygen atoms in total. The van der Waals surface area contributed by atoms with Crippen LogP contribution in [0.5, 0.6) is 0 Å². The van der Waals surface area contributed by atoms with Gasteiger partial charge in [0, 0.05) is 17.6 Å². The molecule has 94 valence electrons. The Hall–Kier alpha value is -1.46. The van der Waals surface area contributed by atoms with Crippen LogP contribution in [0, 0.1) is 5.82 Å². The molecule has 1 aliphatic rings. The zero-order valence-electron chi connectivity index (χ0n) is 9.61. The van der Waals surface area contributed by atoms with E-state index in [4.69, 9.17) is 11.6 Å². The second kappa shape index (κ2) is 4.66. The van der Waals surface area contributed by atoms with Gasteiger partial charge in [0.15, 0.2) is 0 Å². The number of rotatable bonds is 4. The topological polar surface area (TPSA) is 42.7 Å². The van der Waals surface area contributed by atoms with Crippen LogP contribution in [0.2, 0.25) is 5.02 Å². The van der Waals surface area contributed by atoms with Gasteiger partial charge in [0.25, 0.3) is 0 Å². The molecule has 0 radical (unpaired) electrons. The highest BCUT2D eigenvalue weighted by molar-refractivity contribution is 6.30. The molecule has 0 unspecified atom stereocenters. The van der Waals surface area contributed by atoms with Gasteiger partial charge in [-0.05, 0) is 31.0 Å². The molecule has 0 amide bonds. The lowest BCUT2D eigenvalue weighted by Crippen LogP contribution is -2.15. The first-order valence-corrected chi connectivity index (χ1v) is 6.20. The number of aromatic nitrogens is 3. The van der Waals surface area contributed by atoms with E-state index in [1.165, 1.54) is 35.7 Å². The number of hydrogen-bond donors (Lipinski definition) is 1. The number of benzene rings is 1. The molecular formula is C12H12ClFN4. The van der Waals surface area contributed by atoms with Gasteiger partial charge >= 0.3 is 0 Å². The van der Waals surface area contributed by atoms with Crippen LogP contribution < -0.4 is 5.32 Å². The zero-order chi connectivity index (χ0) is 12.5. The van der Waals surface area contributed by atoms with E-state index >= 15 is 0 Å². The Morgan fingerprint density at radius 1 is 1.44 bits per heavy atom. The first kappa shape index (κ1) is 11.6. The maximum Gasteiger partial charge on any atom is 0.149 e. The number of nitrogens with one attached hydrogen (secondary N) is 1. The molecule has 6 heteroatoms. The van der Waals surface area contributed by atoms with Crippen molar-refractivity contribution in [1.29, 1.82) is 0 Å². The Labute approximate surface area is 109 Å². The molecular weight excluding hydrogens is 255 g/mol. The second-order valence-electron chi connectivity index (χ2n) is 4.41. The van der Waals surface area contributed by atoms with Gasteiger partial charge in [0.05, 0.1) is 11.9 Å². The highest BCUT2D eigenvalue weighted by Crippen LogP contribution is 2.20. The molecule has 1 fully saturated rings. The quantitative estimate of drug-likeness (QED) is 0.923. The van der Waals surface area contributed by atoms with Crippen LogP contribution in [0.15, 0.2) is 24.4 Å². The van der Waals surface area contributed by atoms with Crippen molar-refractivity contribution in [3.8, 4) is 5.69 Å². The smallest absolute Gasteiger partial charge is 0.149 e. The fourth-order valence-corrected chi connectivity index (χ4v) is 1.86. The van der Waals surface area contributed by atoms with E-state index in [0.717, 1.165) is 5.69 Å². The fourth-order valence-electron chi connectivity index (χ4n) is 1.69. The molecule has 2 aromatic rings. The van der Waals surface area contributed by atoms with Crippen LogP contribution in [0.4, 0.5) is 4.39 Å². The van der Waals surface area contributed by atoms with Gasteiger partial charge in [-0.3, -0.25) is 0 Å². The predicted molar refractivity (Wildman–Crippen MR) is 66.2 cm³/mol. The van der Waals surface area contributed by atoms with E-state index in [9.17, 15) is 4.39 Å². The molecule has 1 aromatic carbocycles. The summed E-state index contributed by atoms with van der Waals surface area (Å²) in [7, 11) is 0. The number of nitrogens with zero attached hydrogens (tertiary/aromatic N) is 3. The summed E-state index contributed by atoms with van der Waals surface area (Å²) in [5.41, 5.74) is 1.11. The van der Waals surface area contributed by atoms with Crippen molar-refractivity contribution in [3.05, 3.63) is 40.9 Å². The van der Waals surface area contributed by atoms with Gasteiger partial charge in [0.2, 0.25) is 0 Å². The average molecular weight is 267 g/mol. The molecule has 1 aromatic heterocycles. The van der Waals surface area contributed by atoms with Gasteiger partial charge in [-0.25, -0.2) is 9.07 Å². The van der Waals surface area contributed by atoms with Gasteiger partial charge in [-0.15, -0.1) is 5.10 Å². The lowest BCUT2D eigenvalue weighted by Gasteiger charge is -2.02. The maximum atomic E-state index is 13.6. The monoisotopic (exact) mass is 266 g/mol. The first-order chi connectivity index (χ1) is 8.72. The largest absolute Gasteiger partial charge is 0.308 e. The Balaban J connectivity index is 1.80. The summed E-state index contributed by atoms with van der Waals surface area (Å²) in [4.78, 5) is 0. The standard InChI is InChI=1S/C12H12ClFN4/c13-8-1-4-11(14)12(5-8)18-7-10(16-17-18)6-15-9-2-3-9/h1,4-5,7,9,15H,2-3,6H2. The van der Waals surface area contributed by atoms with E-state index in [1.54, 1.807) is 6.20 Å². The van der Waals surface area contributed by atoms with Crippen LogP contribution in [0.25, 0.3) is 5.69 Å². The van der Waals surface area contributed by atoms with Gasteiger partial charge in [-0.1, -0.05) is 16.8 Å². The SMILES string of the molecule is Fc1ccc(Cl)cc1-n1cc(CNC2CC2)nn1. The van der Waals surface area contributed by atoms with Crippen LogP contribution in [-0.2, 0) is 6.54 Å². The zero-order valence-corrected chi connectivity index (χ0v) is 10.4. The van der Waals surface area contributed by atoms with Gasteiger partial charge in [0.1, 0.15) is 11.5 Å². The van der Waals surface area contributed by atoms with E-state index in [0.29, 0.717) is 23.3 Å². The van der Waals surface area contributed by atoms with Crippen molar-refractivity contribution in [2.24, 2.45) is 0 Å². The van der Waals surface area contributed by atoms with Crippen molar-refractivity contribution in [1.82, 2.24) is 20.3 Å². The highest BCUT2D eigenvalue weighted by Gasteiger charge is 2.20. The third kappa shape index (κ3) is 2.52. The molecule has 3 rings (SSSR count). The third-order valence-corrected chi connectivity index (χ3v) is 3.08. The molecule has 0 spiro atoms. The Kier molecular flexibility index (Phi) is 3.01. The average Bonchev–Trinajstić information content (AvgIpc) is 3.08. The molecule has 18 heavy (non-hydrogen) atoms. The normalized spacial score (nSPS) is 15.0. The lowest BCUT2D eigenvalue weighted by atomic mass is 10.3. The molecule has 1 N–H and O–H groups in total. The van der Waals surface area contributed by atoms with Crippen LogP contribution in [0.1, 0.15) is 18.5 Å². The molecule has 0 saturated heterocycles. The minimum absolute atomic E-state index is 0.313. The van der Waals surface area contributed by atoms with E-state index in [2.05, 4.69) is 15.6 Å². The number of halogens is 2. The summed E-state index contributed by atoms with van der Waals surface area (Å²) in [5, 5.41) is 11.7. The maximum absolute atomic E-state index is 13.6. The lowest BCUT2D eigenvalue weighted by molar-refractivity contribution is 0.607. The fraction of sp³-hybridized carbons (Fsp3) is 0.333.